The van der Waals surface area contributed by atoms with Crippen LogP contribution in [0.15, 0.2) is 0 Å². The van der Waals surface area contributed by atoms with E-state index in [1.54, 1.807) is 20.8 Å². The molecule has 0 radical (unpaired) electrons. The van der Waals surface area contributed by atoms with Gasteiger partial charge in [0.25, 0.3) is 0 Å². The average Bonchev–Trinajstić information content (AvgIpc) is 3.08. The molecule has 1 heterocycles. The van der Waals surface area contributed by atoms with Gasteiger partial charge in [0.1, 0.15) is 11.6 Å². The van der Waals surface area contributed by atoms with Crippen LogP contribution in [-0.4, -0.2) is 43.5 Å². The number of hydrogen-bond donors (Lipinski definition) is 1. The van der Waals surface area contributed by atoms with Gasteiger partial charge in [-0.05, 0) is 40.0 Å². The molecule has 1 rings (SSSR count). The molecular weight excluding hydrogens is 250 g/mol. The van der Waals surface area contributed by atoms with Crippen molar-refractivity contribution in [3.05, 3.63) is 0 Å². The minimum Gasteiger partial charge on any atom is -0.467 e. The van der Waals surface area contributed by atoms with E-state index in [0.29, 0.717) is 12.5 Å². The number of nitrogens with one attached hydrogen (secondary N) is 1. The van der Waals surface area contributed by atoms with Gasteiger partial charge < -0.3 is 19.5 Å². The zero-order chi connectivity index (χ0) is 14.5. The van der Waals surface area contributed by atoms with Crippen molar-refractivity contribution in [2.75, 3.05) is 13.7 Å². The fourth-order valence-electron chi connectivity index (χ4n) is 1.63. The molecule has 0 aromatic heterocycles. The summed E-state index contributed by atoms with van der Waals surface area (Å²) < 4.78 is 14.9. The van der Waals surface area contributed by atoms with E-state index < -0.39 is 23.7 Å². The summed E-state index contributed by atoms with van der Waals surface area (Å²) >= 11 is 0. The van der Waals surface area contributed by atoms with Crippen LogP contribution in [0.4, 0.5) is 4.79 Å². The molecule has 1 unspecified atom stereocenters. The van der Waals surface area contributed by atoms with E-state index in [0.717, 1.165) is 19.4 Å². The summed E-state index contributed by atoms with van der Waals surface area (Å²) in [6, 6.07) is -0.668. The van der Waals surface area contributed by atoms with E-state index in [4.69, 9.17) is 9.47 Å². The Morgan fingerprint density at radius 2 is 2.05 bits per heavy atom. The first-order chi connectivity index (χ1) is 8.81. The van der Waals surface area contributed by atoms with Crippen molar-refractivity contribution >= 4 is 12.1 Å². The topological polar surface area (TPSA) is 77.2 Å². The molecule has 1 fully saturated rings. The van der Waals surface area contributed by atoms with Gasteiger partial charge in [-0.15, -0.1) is 0 Å². The third-order valence-electron chi connectivity index (χ3n) is 2.60. The smallest absolute Gasteiger partial charge is 0.408 e. The molecule has 1 saturated heterocycles. The maximum Gasteiger partial charge on any atom is 0.408 e. The molecule has 2 atom stereocenters. The Kier molecular flexibility index (Phi) is 5.60. The summed E-state index contributed by atoms with van der Waals surface area (Å²) in [6.45, 7) is 6.10. The summed E-state index contributed by atoms with van der Waals surface area (Å²) in [7, 11) is 1.30. The largest absolute Gasteiger partial charge is 0.467 e. The Morgan fingerprint density at radius 1 is 1.42 bits per heavy atom. The summed E-state index contributed by atoms with van der Waals surface area (Å²) in [6.07, 6.45) is 1.92. The first-order valence-corrected chi connectivity index (χ1v) is 6.51. The van der Waals surface area contributed by atoms with Gasteiger partial charge in [0, 0.05) is 0 Å². The number of methoxy groups -OCH3 is 1. The second-order valence-electron chi connectivity index (χ2n) is 5.61. The van der Waals surface area contributed by atoms with Gasteiger partial charge in [0.05, 0.1) is 19.8 Å². The maximum absolute atomic E-state index is 11.6. The first-order valence-electron chi connectivity index (χ1n) is 6.51. The normalized spacial score (nSPS) is 19.5. The molecule has 6 nitrogen and oxygen atoms in total. The van der Waals surface area contributed by atoms with Crippen molar-refractivity contribution in [1.29, 1.82) is 0 Å². The minimum absolute atomic E-state index is 0.319. The molecule has 0 aromatic carbocycles. The molecular formula is C13H23NO5. The van der Waals surface area contributed by atoms with E-state index in [1.807, 2.05) is 0 Å². The highest BCUT2D eigenvalue weighted by molar-refractivity contribution is 5.81. The number of epoxide rings is 1. The van der Waals surface area contributed by atoms with Gasteiger partial charge in [-0.2, -0.15) is 0 Å². The molecule has 19 heavy (non-hydrogen) atoms. The molecule has 0 spiro atoms. The molecule has 1 aliphatic rings. The lowest BCUT2D eigenvalue weighted by molar-refractivity contribution is -0.143. The summed E-state index contributed by atoms with van der Waals surface area (Å²) in [5, 5.41) is 2.54. The van der Waals surface area contributed by atoms with Crippen molar-refractivity contribution in [2.24, 2.45) is 0 Å². The van der Waals surface area contributed by atoms with Gasteiger partial charge in [-0.25, -0.2) is 9.59 Å². The van der Waals surface area contributed by atoms with Crippen molar-refractivity contribution < 1.29 is 23.8 Å². The minimum atomic E-state index is -0.668. The Morgan fingerprint density at radius 3 is 2.53 bits per heavy atom. The molecule has 1 amide bonds. The molecule has 0 bridgehead atoms. The quantitative estimate of drug-likeness (QED) is 0.588. The van der Waals surface area contributed by atoms with E-state index in [-0.39, 0.29) is 0 Å². The number of rotatable bonds is 6. The fraction of sp³-hybridized carbons (Fsp3) is 0.846. The lowest BCUT2D eigenvalue weighted by atomic mass is 10.1. The standard InChI is InChI=1S/C13H23NO5/c1-13(2,3)19-12(16)14-10(11(15)17-4)7-5-6-9-8-18-9/h9-10H,5-8H2,1-4H3,(H,14,16)/t9?,10-/m1/s1. The molecule has 6 heteroatoms. The summed E-state index contributed by atoms with van der Waals surface area (Å²) in [4.78, 5) is 23.2. The van der Waals surface area contributed by atoms with Gasteiger partial charge in [-0.1, -0.05) is 0 Å². The van der Waals surface area contributed by atoms with Gasteiger partial charge in [0.15, 0.2) is 0 Å². The molecule has 1 N–H and O–H groups in total. The lowest BCUT2D eigenvalue weighted by Gasteiger charge is -2.22. The van der Waals surface area contributed by atoms with Crippen molar-refractivity contribution in [2.45, 2.75) is 57.8 Å². The van der Waals surface area contributed by atoms with Crippen LogP contribution in [0.1, 0.15) is 40.0 Å². The number of carbonyl (C=O) groups is 2. The third kappa shape index (κ3) is 7.00. The summed E-state index contributed by atoms with van der Waals surface area (Å²) in [5.41, 5.74) is -0.591. The number of esters is 1. The SMILES string of the molecule is COC(=O)[C@@H](CCCC1CO1)NC(=O)OC(C)(C)C. The highest BCUT2D eigenvalue weighted by Gasteiger charge is 2.27. The second kappa shape index (κ2) is 6.75. The third-order valence-corrected chi connectivity index (χ3v) is 2.60. The van der Waals surface area contributed by atoms with Crippen LogP contribution in [0.5, 0.6) is 0 Å². The predicted octanol–water partition coefficient (Wildman–Crippen LogP) is 1.62. The van der Waals surface area contributed by atoms with Crippen molar-refractivity contribution in [3.63, 3.8) is 0 Å². The molecule has 110 valence electrons. The van der Waals surface area contributed by atoms with Crippen LogP contribution in [0.25, 0.3) is 0 Å². The number of ether oxygens (including phenoxy) is 3. The van der Waals surface area contributed by atoms with E-state index in [9.17, 15) is 9.59 Å². The predicted molar refractivity (Wildman–Crippen MR) is 68.8 cm³/mol. The van der Waals surface area contributed by atoms with Crippen LogP contribution in [0.2, 0.25) is 0 Å². The number of carbonyl (C=O) groups excluding carboxylic acids is 2. The van der Waals surface area contributed by atoms with E-state index in [1.165, 1.54) is 7.11 Å². The second-order valence-corrected chi connectivity index (χ2v) is 5.61. The number of amides is 1. The fourth-order valence-corrected chi connectivity index (χ4v) is 1.63. The van der Waals surface area contributed by atoms with Crippen LogP contribution < -0.4 is 5.32 Å². The van der Waals surface area contributed by atoms with E-state index >= 15 is 0 Å². The molecule has 0 saturated carbocycles. The lowest BCUT2D eigenvalue weighted by Crippen LogP contribution is -2.44. The highest BCUT2D eigenvalue weighted by atomic mass is 16.6. The number of alkyl carbamates (subject to hydrolysis) is 1. The zero-order valence-corrected chi connectivity index (χ0v) is 12.0. The molecule has 1 aliphatic heterocycles. The van der Waals surface area contributed by atoms with Crippen molar-refractivity contribution in [1.82, 2.24) is 5.32 Å². The Bertz CT molecular complexity index is 319. The zero-order valence-electron chi connectivity index (χ0n) is 12.0. The van der Waals surface area contributed by atoms with Gasteiger partial charge in [-0.3, -0.25) is 0 Å². The van der Waals surface area contributed by atoms with Crippen molar-refractivity contribution in [3.8, 4) is 0 Å². The van der Waals surface area contributed by atoms with Crippen LogP contribution in [-0.2, 0) is 19.0 Å². The maximum atomic E-state index is 11.6. The Hall–Kier alpha value is -1.30. The first kappa shape index (κ1) is 15.8. The monoisotopic (exact) mass is 273 g/mol. The van der Waals surface area contributed by atoms with Gasteiger partial charge in [0.2, 0.25) is 0 Å². The van der Waals surface area contributed by atoms with Crippen LogP contribution in [0.3, 0.4) is 0 Å². The van der Waals surface area contributed by atoms with Gasteiger partial charge >= 0.3 is 12.1 Å². The van der Waals surface area contributed by atoms with E-state index in [2.05, 4.69) is 10.1 Å². The molecule has 0 aromatic rings. The Balaban J connectivity index is 2.38. The molecule has 0 aliphatic carbocycles. The highest BCUT2D eigenvalue weighted by Crippen LogP contribution is 2.17. The van der Waals surface area contributed by atoms with Crippen LogP contribution >= 0.6 is 0 Å². The average molecular weight is 273 g/mol. The number of hydrogen-bond acceptors (Lipinski definition) is 5. The van der Waals surface area contributed by atoms with Crippen LogP contribution in [0, 0.1) is 0 Å². The summed E-state index contributed by atoms with van der Waals surface area (Å²) in [5.74, 6) is -0.456. The Labute approximate surface area is 113 Å².